The molecular weight excluding hydrogens is 236 g/mol. The monoisotopic (exact) mass is 262 g/mol. The smallest absolute Gasteiger partial charge is 0.302 e. The van der Waals surface area contributed by atoms with Crippen LogP contribution in [0.1, 0.15) is 53.4 Å². The van der Waals surface area contributed by atoms with Gasteiger partial charge in [-0.25, -0.2) is 0 Å². The summed E-state index contributed by atoms with van der Waals surface area (Å²) in [7, 11) is 0. The molecule has 1 atom stereocenters. The van der Waals surface area contributed by atoms with Gasteiger partial charge in [-0.2, -0.15) is 0 Å². The van der Waals surface area contributed by atoms with E-state index in [9.17, 15) is 4.79 Å². The first-order chi connectivity index (χ1) is 8.99. The number of carbonyl (C=O) groups is 1. The van der Waals surface area contributed by atoms with Crippen molar-refractivity contribution < 1.29 is 9.53 Å². The van der Waals surface area contributed by atoms with Crippen molar-refractivity contribution >= 4 is 5.97 Å². The van der Waals surface area contributed by atoms with Crippen LogP contribution in [0.4, 0.5) is 0 Å². The van der Waals surface area contributed by atoms with E-state index in [0.29, 0.717) is 12.5 Å². The van der Waals surface area contributed by atoms with Crippen LogP contribution in [0.3, 0.4) is 0 Å². The van der Waals surface area contributed by atoms with E-state index in [1.165, 1.54) is 25.3 Å². The average molecular weight is 262 g/mol. The van der Waals surface area contributed by atoms with Gasteiger partial charge in [-0.1, -0.05) is 36.3 Å². The summed E-state index contributed by atoms with van der Waals surface area (Å²) in [6, 6.07) is 0. The normalized spacial score (nSPS) is 17.6. The van der Waals surface area contributed by atoms with Gasteiger partial charge in [-0.15, -0.1) is 0 Å². The topological polar surface area (TPSA) is 26.3 Å². The Kier molecular flexibility index (Phi) is 6.61. The number of carbonyl (C=O) groups excluding carboxylic acids is 1. The molecule has 19 heavy (non-hydrogen) atoms. The van der Waals surface area contributed by atoms with Crippen LogP contribution >= 0.6 is 0 Å². The second-order valence-electron chi connectivity index (χ2n) is 5.56. The molecule has 0 bridgehead atoms. The molecule has 0 heterocycles. The second kappa shape index (κ2) is 7.98. The van der Waals surface area contributed by atoms with Crippen molar-refractivity contribution in [2.24, 2.45) is 5.92 Å². The van der Waals surface area contributed by atoms with Gasteiger partial charge in [0.15, 0.2) is 0 Å². The summed E-state index contributed by atoms with van der Waals surface area (Å²) in [5.74, 6) is 0.428. The number of ether oxygens (including phenoxy) is 1. The fraction of sp³-hybridized carbons (Fsp3) is 0.588. The highest BCUT2D eigenvalue weighted by molar-refractivity contribution is 5.66. The SMILES string of the molecule is CC(=O)OCC(C)=CCCC(C)C1=CC=C(C)CC1. The third kappa shape index (κ3) is 6.42. The molecule has 0 N–H and O–H groups in total. The van der Waals surface area contributed by atoms with Gasteiger partial charge in [0.25, 0.3) is 0 Å². The van der Waals surface area contributed by atoms with E-state index in [2.05, 4.69) is 32.1 Å². The van der Waals surface area contributed by atoms with Gasteiger partial charge in [-0.3, -0.25) is 4.79 Å². The van der Waals surface area contributed by atoms with Gasteiger partial charge < -0.3 is 4.74 Å². The molecule has 0 spiro atoms. The number of hydrogen-bond donors (Lipinski definition) is 0. The highest BCUT2D eigenvalue weighted by atomic mass is 16.5. The molecule has 0 radical (unpaired) electrons. The lowest BCUT2D eigenvalue weighted by atomic mass is 9.88. The van der Waals surface area contributed by atoms with Crippen molar-refractivity contribution in [1.29, 1.82) is 0 Å². The molecule has 0 aliphatic heterocycles. The Hall–Kier alpha value is -1.31. The van der Waals surface area contributed by atoms with E-state index in [4.69, 9.17) is 4.74 Å². The van der Waals surface area contributed by atoms with E-state index < -0.39 is 0 Å². The summed E-state index contributed by atoms with van der Waals surface area (Å²) >= 11 is 0. The van der Waals surface area contributed by atoms with Crippen molar-refractivity contribution in [2.45, 2.75) is 53.4 Å². The summed E-state index contributed by atoms with van der Waals surface area (Å²) in [5, 5.41) is 0. The van der Waals surface area contributed by atoms with Crippen LogP contribution in [0.15, 0.2) is 34.9 Å². The van der Waals surface area contributed by atoms with Gasteiger partial charge in [0.2, 0.25) is 0 Å². The van der Waals surface area contributed by atoms with Crippen LogP contribution < -0.4 is 0 Å². The number of rotatable bonds is 6. The molecule has 1 aliphatic rings. The first kappa shape index (κ1) is 15.7. The zero-order chi connectivity index (χ0) is 14.3. The predicted octanol–water partition coefficient (Wildman–Crippen LogP) is 4.58. The molecule has 0 aromatic rings. The first-order valence-electron chi connectivity index (χ1n) is 7.14. The van der Waals surface area contributed by atoms with E-state index in [1.807, 2.05) is 6.92 Å². The molecule has 0 saturated heterocycles. The number of allylic oxidation sites excluding steroid dienone is 5. The van der Waals surface area contributed by atoms with Crippen molar-refractivity contribution in [3.8, 4) is 0 Å². The molecule has 0 fully saturated rings. The van der Waals surface area contributed by atoms with Crippen molar-refractivity contribution in [2.75, 3.05) is 6.61 Å². The lowest BCUT2D eigenvalue weighted by molar-refractivity contribution is -0.139. The van der Waals surface area contributed by atoms with E-state index >= 15 is 0 Å². The van der Waals surface area contributed by atoms with Crippen LogP contribution in [-0.4, -0.2) is 12.6 Å². The maximum absolute atomic E-state index is 10.7. The molecule has 0 amide bonds. The van der Waals surface area contributed by atoms with Crippen molar-refractivity contribution in [1.82, 2.24) is 0 Å². The Morgan fingerprint density at radius 2 is 2.11 bits per heavy atom. The minimum Gasteiger partial charge on any atom is -0.461 e. The Bertz CT molecular complexity index is 399. The molecule has 1 rings (SSSR count). The van der Waals surface area contributed by atoms with Crippen molar-refractivity contribution in [3.05, 3.63) is 34.9 Å². The quantitative estimate of drug-likeness (QED) is 0.517. The third-order valence-electron chi connectivity index (χ3n) is 3.62. The summed E-state index contributed by atoms with van der Waals surface area (Å²) in [6.45, 7) is 8.38. The van der Waals surface area contributed by atoms with Crippen LogP contribution in [0, 0.1) is 5.92 Å². The van der Waals surface area contributed by atoms with Crippen LogP contribution in [-0.2, 0) is 9.53 Å². The highest BCUT2D eigenvalue weighted by Crippen LogP contribution is 2.26. The van der Waals surface area contributed by atoms with E-state index in [1.54, 1.807) is 5.57 Å². The maximum atomic E-state index is 10.7. The minimum absolute atomic E-state index is 0.212. The third-order valence-corrected chi connectivity index (χ3v) is 3.62. The second-order valence-corrected chi connectivity index (χ2v) is 5.56. The summed E-state index contributed by atoms with van der Waals surface area (Å²) in [4.78, 5) is 10.7. The summed E-state index contributed by atoms with van der Waals surface area (Å²) in [6.07, 6.45) is 11.3. The molecule has 0 aromatic carbocycles. The number of esters is 1. The molecule has 2 nitrogen and oxygen atoms in total. The van der Waals surface area contributed by atoms with Gasteiger partial charge >= 0.3 is 5.97 Å². The van der Waals surface area contributed by atoms with Crippen molar-refractivity contribution in [3.63, 3.8) is 0 Å². The molecule has 2 heteroatoms. The number of hydrogen-bond acceptors (Lipinski definition) is 2. The molecule has 0 aromatic heterocycles. The lowest BCUT2D eigenvalue weighted by Crippen LogP contribution is -2.03. The molecule has 0 saturated carbocycles. The Morgan fingerprint density at radius 3 is 2.68 bits per heavy atom. The van der Waals surface area contributed by atoms with Crippen LogP contribution in [0.5, 0.6) is 0 Å². The first-order valence-corrected chi connectivity index (χ1v) is 7.14. The van der Waals surface area contributed by atoms with Gasteiger partial charge in [0.1, 0.15) is 6.61 Å². The lowest BCUT2D eigenvalue weighted by Gasteiger charge is -2.18. The highest BCUT2D eigenvalue weighted by Gasteiger charge is 2.10. The molecule has 106 valence electrons. The van der Waals surface area contributed by atoms with Gasteiger partial charge in [0.05, 0.1) is 0 Å². The molecular formula is C17H26O2. The fourth-order valence-corrected chi connectivity index (χ4v) is 2.21. The largest absolute Gasteiger partial charge is 0.461 e. The molecule has 1 aliphatic carbocycles. The maximum Gasteiger partial charge on any atom is 0.302 e. The Morgan fingerprint density at radius 1 is 1.37 bits per heavy atom. The van der Waals surface area contributed by atoms with Gasteiger partial charge in [-0.05, 0) is 51.0 Å². The predicted molar refractivity (Wildman–Crippen MR) is 79.9 cm³/mol. The van der Waals surface area contributed by atoms with E-state index in [0.717, 1.165) is 18.4 Å². The zero-order valence-corrected chi connectivity index (χ0v) is 12.7. The minimum atomic E-state index is -0.212. The Labute approximate surface area is 117 Å². The average Bonchev–Trinajstić information content (AvgIpc) is 2.37. The zero-order valence-electron chi connectivity index (χ0n) is 12.7. The van der Waals surface area contributed by atoms with E-state index in [-0.39, 0.29) is 5.97 Å². The standard InChI is InChI=1S/C17H26O2/c1-13-8-10-17(11-9-13)15(3)7-5-6-14(2)12-19-16(4)18/h6,8,10,15H,5,7,9,11-12H2,1-4H3. The molecule has 1 unspecified atom stereocenters. The van der Waals surface area contributed by atoms with Crippen LogP contribution in [0.25, 0.3) is 0 Å². The summed E-state index contributed by atoms with van der Waals surface area (Å²) < 4.78 is 4.96. The van der Waals surface area contributed by atoms with Gasteiger partial charge in [0, 0.05) is 6.92 Å². The summed E-state index contributed by atoms with van der Waals surface area (Å²) in [5.41, 5.74) is 4.18. The Balaban J connectivity index is 2.32. The van der Waals surface area contributed by atoms with Crippen LogP contribution in [0.2, 0.25) is 0 Å². The fourth-order valence-electron chi connectivity index (χ4n) is 2.21.